The van der Waals surface area contributed by atoms with Gasteiger partial charge in [0.1, 0.15) is 0 Å². The van der Waals surface area contributed by atoms with Gasteiger partial charge in [-0.25, -0.2) is 9.59 Å². The standard InChI is InChI=1S/C13H17ClN2O4/c1-13(20,11(17)18)8-15-12(19)16(2)7-9-3-5-10(14)6-4-9/h3-6,20H,7-8H2,1-2H3,(H,15,19)(H,17,18). The SMILES string of the molecule is CN(Cc1ccc(Cl)cc1)C(=O)NCC(C)(O)C(=O)O. The molecule has 1 atom stereocenters. The topological polar surface area (TPSA) is 89.9 Å². The molecule has 0 saturated heterocycles. The van der Waals surface area contributed by atoms with Crippen molar-refractivity contribution in [1.29, 1.82) is 0 Å². The molecule has 0 radical (unpaired) electrons. The number of benzene rings is 1. The highest BCUT2D eigenvalue weighted by Crippen LogP contribution is 2.11. The molecule has 3 N–H and O–H groups in total. The number of urea groups is 1. The smallest absolute Gasteiger partial charge is 0.337 e. The maximum atomic E-state index is 11.8. The molecule has 0 bridgehead atoms. The third-order valence-corrected chi connectivity index (χ3v) is 2.98. The van der Waals surface area contributed by atoms with Crippen LogP contribution in [0.1, 0.15) is 12.5 Å². The number of rotatable bonds is 5. The van der Waals surface area contributed by atoms with Crippen LogP contribution in [-0.2, 0) is 11.3 Å². The number of carbonyl (C=O) groups is 2. The summed E-state index contributed by atoms with van der Waals surface area (Å²) in [6.07, 6.45) is 0. The molecule has 0 aliphatic heterocycles. The molecule has 0 heterocycles. The number of hydrogen-bond acceptors (Lipinski definition) is 3. The highest BCUT2D eigenvalue weighted by atomic mass is 35.5. The van der Waals surface area contributed by atoms with Crippen LogP contribution < -0.4 is 5.32 Å². The zero-order valence-corrected chi connectivity index (χ0v) is 12.0. The first kappa shape index (κ1) is 16.3. The molecule has 2 amide bonds. The Bertz CT molecular complexity index is 488. The zero-order chi connectivity index (χ0) is 15.3. The zero-order valence-electron chi connectivity index (χ0n) is 11.3. The van der Waals surface area contributed by atoms with Crippen LogP contribution in [0.2, 0.25) is 5.02 Å². The second-order valence-electron chi connectivity index (χ2n) is 4.72. The minimum Gasteiger partial charge on any atom is -0.479 e. The average Bonchev–Trinajstić information content (AvgIpc) is 2.38. The van der Waals surface area contributed by atoms with Crippen molar-refractivity contribution in [3.05, 3.63) is 34.9 Å². The summed E-state index contributed by atoms with van der Waals surface area (Å²) < 4.78 is 0. The molecular formula is C13H17ClN2O4. The Kier molecular flexibility index (Phi) is 5.35. The second-order valence-corrected chi connectivity index (χ2v) is 5.16. The molecule has 0 saturated carbocycles. The highest BCUT2D eigenvalue weighted by Gasteiger charge is 2.30. The predicted molar refractivity (Wildman–Crippen MR) is 74.6 cm³/mol. The van der Waals surface area contributed by atoms with Crippen LogP contribution in [0.5, 0.6) is 0 Å². The fourth-order valence-corrected chi connectivity index (χ4v) is 1.52. The summed E-state index contributed by atoms with van der Waals surface area (Å²) in [6.45, 7) is 1.10. The van der Waals surface area contributed by atoms with Crippen LogP contribution in [-0.4, -0.2) is 46.3 Å². The van der Waals surface area contributed by atoms with Gasteiger partial charge in [0.15, 0.2) is 5.60 Å². The Labute approximate surface area is 122 Å². The minimum absolute atomic E-state index is 0.345. The van der Waals surface area contributed by atoms with Crippen LogP contribution in [0, 0.1) is 0 Å². The fourth-order valence-electron chi connectivity index (χ4n) is 1.39. The minimum atomic E-state index is -1.99. The summed E-state index contributed by atoms with van der Waals surface area (Å²) >= 11 is 5.76. The molecule has 0 aliphatic carbocycles. The van der Waals surface area contributed by atoms with E-state index >= 15 is 0 Å². The molecule has 0 aromatic heterocycles. The number of aliphatic hydroxyl groups is 1. The Morgan fingerprint density at radius 3 is 2.40 bits per heavy atom. The van der Waals surface area contributed by atoms with E-state index in [1.54, 1.807) is 31.3 Å². The van der Waals surface area contributed by atoms with E-state index in [0.29, 0.717) is 11.6 Å². The number of nitrogens with one attached hydrogen (secondary N) is 1. The summed E-state index contributed by atoms with van der Waals surface area (Å²) in [6, 6.07) is 6.55. The van der Waals surface area contributed by atoms with E-state index in [9.17, 15) is 14.7 Å². The van der Waals surface area contributed by atoms with Crippen molar-refractivity contribution in [2.75, 3.05) is 13.6 Å². The number of aliphatic carboxylic acids is 1. The molecule has 6 nitrogen and oxygen atoms in total. The summed E-state index contributed by atoms with van der Waals surface area (Å²) in [5, 5.41) is 21.2. The molecule has 110 valence electrons. The summed E-state index contributed by atoms with van der Waals surface area (Å²) in [5.41, 5.74) is -1.10. The highest BCUT2D eigenvalue weighted by molar-refractivity contribution is 6.30. The van der Waals surface area contributed by atoms with Gasteiger partial charge in [0.05, 0.1) is 6.54 Å². The fraction of sp³-hybridized carbons (Fsp3) is 0.385. The summed E-state index contributed by atoms with van der Waals surface area (Å²) in [5.74, 6) is -1.39. The first-order valence-corrected chi connectivity index (χ1v) is 6.29. The molecule has 7 heteroatoms. The third-order valence-electron chi connectivity index (χ3n) is 2.72. The number of hydrogen-bond donors (Lipinski definition) is 3. The summed E-state index contributed by atoms with van der Waals surface area (Å²) in [4.78, 5) is 23.8. The van der Waals surface area contributed by atoms with E-state index in [1.165, 1.54) is 4.90 Å². The third kappa shape index (κ3) is 4.71. The molecule has 0 aliphatic rings. The molecule has 0 spiro atoms. The lowest BCUT2D eigenvalue weighted by Crippen LogP contribution is -2.49. The molecule has 1 aromatic rings. The van der Waals surface area contributed by atoms with Crippen molar-refractivity contribution < 1.29 is 19.8 Å². The van der Waals surface area contributed by atoms with Gasteiger partial charge in [0, 0.05) is 18.6 Å². The van der Waals surface area contributed by atoms with Gasteiger partial charge in [-0.05, 0) is 24.6 Å². The molecule has 1 aromatic carbocycles. The van der Waals surface area contributed by atoms with E-state index in [2.05, 4.69) is 5.32 Å². The average molecular weight is 301 g/mol. The van der Waals surface area contributed by atoms with Gasteiger partial charge in [0.2, 0.25) is 0 Å². The quantitative estimate of drug-likeness (QED) is 0.765. The van der Waals surface area contributed by atoms with Crippen molar-refractivity contribution in [3.63, 3.8) is 0 Å². The van der Waals surface area contributed by atoms with Gasteiger partial charge in [-0.1, -0.05) is 23.7 Å². The lowest BCUT2D eigenvalue weighted by molar-refractivity contribution is -0.155. The Balaban J connectivity index is 2.51. The number of halogens is 1. The van der Waals surface area contributed by atoms with Gasteiger partial charge in [-0.3, -0.25) is 0 Å². The first-order valence-electron chi connectivity index (χ1n) is 5.91. The van der Waals surface area contributed by atoms with Crippen LogP contribution in [0.15, 0.2) is 24.3 Å². The van der Waals surface area contributed by atoms with Crippen molar-refractivity contribution in [3.8, 4) is 0 Å². The van der Waals surface area contributed by atoms with Gasteiger partial charge in [-0.15, -0.1) is 0 Å². The Morgan fingerprint density at radius 2 is 1.90 bits per heavy atom. The van der Waals surface area contributed by atoms with Crippen LogP contribution in [0.3, 0.4) is 0 Å². The lowest BCUT2D eigenvalue weighted by atomic mass is 10.1. The first-order chi connectivity index (χ1) is 9.22. The Morgan fingerprint density at radius 1 is 1.35 bits per heavy atom. The van der Waals surface area contributed by atoms with Crippen LogP contribution in [0.25, 0.3) is 0 Å². The second kappa shape index (κ2) is 6.58. The van der Waals surface area contributed by atoms with E-state index < -0.39 is 17.6 Å². The maximum Gasteiger partial charge on any atom is 0.337 e. The Hall–Kier alpha value is -1.79. The van der Waals surface area contributed by atoms with E-state index in [0.717, 1.165) is 12.5 Å². The van der Waals surface area contributed by atoms with Crippen molar-refractivity contribution >= 4 is 23.6 Å². The molecule has 1 rings (SSSR count). The number of nitrogens with zero attached hydrogens (tertiary/aromatic N) is 1. The van der Waals surface area contributed by atoms with Crippen molar-refractivity contribution in [2.45, 2.75) is 19.1 Å². The van der Waals surface area contributed by atoms with E-state index in [1.807, 2.05) is 0 Å². The summed E-state index contributed by atoms with van der Waals surface area (Å²) in [7, 11) is 1.57. The number of carbonyl (C=O) groups excluding carboxylic acids is 1. The van der Waals surface area contributed by atoms with Crippen LogP contribution >= 0.6 is 11.6 Å². The molecule has 20 heavy (non-hydrogen) atoms. The largest absolute Gasteiger partial charge is 0.479 e. The molecular weight excluding hydrogens is 284 g/mol. The number of carboxylic acids is 1. The molecule has 0 fully saturated rings. The maximum absolute atomic E-state index is 11.8. The van der Waals surface area contributed by atoms with Gasteiger partial charge >= 0.3 is 12.0 Å². The van der Waals surface area contributed by atoms with Gasteiger partial charge in [-0.2, -0.15) is 0 Å². The normalized spacial score (nSPS) is 13.4. The number of amides is 2. The van der Waals surface area contributed by atoms with E-state index in [4.69, 9.17) is 16.7 Å². The monoisotopic (exact) mass is 300 g/mol. The lowest BCUT2D eigenvalue weighted by Gasteiger charge is -2.22. The van der Waals surface area contributed by atoms with Crippen LogP contribution in [0.4, 0.5) is 4.79 Å². The number of carboxylic acid groups (broad SMARTS) is 1. The van der Waals surface area contributed by atoms with E-state index in [-0.39, 0.29) is 6.54 Å². The van der Waals surface area contributed by atoms with Gasteiger partial charge in [0.25, 0.3) is 0 Å². The predicted octanol–water partition coefficient (Wildman–Crippen LogP) is 1.32. The van der Waals surface area contributed by atoms with Crippen molar-refractivity contribution in [1.82, 2.24) is 10.2 Å². The van der Waals surface area contributed by atoms with Gasteiger partial charge < -0.3 is 20.4 Å². The van der Waals surface area contributed by atoms with Crippen molar-refractivity contribution in [2.24, 2.45) is 0 Å². The molecule has 1 unspecified atom stereocenters.